The van der Waals surface area contributed by atoms with Gasteiger partial charge in [0.15, 0.2) is 0 Å². The maximum atomic E-state index is 6.13. The Balaban J connectivity index is 2.65. The van der Waals surface area contributed by atoms with Crippen molar-refractivity contribution in [2.75, 3.05) is 6.54 Å². The number of hydrogen-bond acceptors (Lipinski definition) is 2. The maximum absolute atomic E-state index is 6.13. The zero-order valence-electron chi connectivity index (χ0n) is 9.35. The van der Waals surface area contributed by atoms with E-state index in [1.165, 1.54) is 10.5 Å². The van der Waals surface area contributed by atoms with Crippen molar-refractivity contribution in [1.29, 1.82) is 0 Å². The van der Waals surface area contributed by atoms with Crippen LogP contribution in [0.15, 0.2) is 23.6 Å². The molecule has 0 aliphatic rings. The van der Waals surface area contributed by atoms with Gasteiger partial charge >= 0.3 is 0 Å². The molecule has 0 saturated heterocycles. The average molecular weight is 244 g/mol. The van der Waals surface area contributed by atoms with Crippen molar-refractivity contribution < 1.29 is 0 Å². The molecule has 0 bridgehead atoms. The molecule has 0 spiro atoms. The molecule has 0 aromatic carbocycles. The van der Waals surface area contributed by atoms with Crippen molar-refractivity contribution in [2.24, 2.45) is 0 Å². The minimum Gasteiger partial charge on any atom is -0.309 e. The van der Waals surface area contributed by atoms with E-state index in [4.69, 9.17) is 11.6 Å². The second kappa shape index (κ2) is 6.31. The predicted molar refractivity (Wildman–Crippen MR) is 69.8 cm³/mol. The molecule has 1 aromatic rings. The van der Waals surface area contributed by atoms with E-state index in [1.54, 1.807) is 11.3 Å². The molecule has 0 fully saturated rings. The van der Waals surface area contributed by atoms with Gasteiger partial charge in [0.2, 0.25) is 0 Å². The van der Waals surface area contributed by atoms with Crippen LogP contribution in [0.1, 0.15) is 37.6 Å². The second-order valence-electron chi connectivity index (χ2n) is 3.74. The van der Waals surface area contributed by atoms with Gasteiger partial charge in [-0.1, -0.05) is 24.1 Å². The summed E-state index contributed by atoms with van der Waals surface area (Å²) >= 11 is 7.86. The van der Waals surface area contributed by atoms with Gasteiger partial charge in [0.05, 0.1) is 5.02 Å². The molecular formula is C12H18ClNS. The first-order valence-corrected chi connectivity index (χ1v) is 6.51. The number of thiophene rings is 1. The monoisotopic (exact) mass is 243 g/mol. The molecule has 1 rings (SSSR count). The second-order valence-corrected chi connectivity index (χ2v) is 5.09. The van der Waals surface area contributed by atoms with E-state index in [0.29, 0.717) is 6.04 Å². The Bertz CT molecular complexity index is 319. The van der Waals surface area contributed by atoms with E-state index in [-0.39, 0.29) is 0 Å². The maximum Gasteiger partial charge on any atom is 0.0561 e. The molecule has 84 valence electrons. The van der Waals surface area contributed by atoms with E-state index in [9.17, 15) is 0 Å². The molecule has 0 radical (unpaired) electrons. The first-order chi connectivity index (χ1) is 7.15. The lowest BCUT2D eigenvalue weighted by Crippen LogP contribution is -2.20. The Hall–Kier alpha value is -0.310. The summed E-state index contributed by atoms with van der Waals surface area (Å²) in [6.07, 6.45) is 2.12. The van der Waals surface area contributed by atoms with Crippen LogP contribution in [0.2, 0.25) is 5.02 Å². The summed E-state index contributed by atoms with van der Waals surface area (Å²) in [6, 6.07) is 2.34. The molecule has 1 N–H and O–H groups in total. The number of rotatable bonds is 6. The van der Waals surface area contributed by atoms with Crippen LogP contribution >= 0.6 is 22.9 Å². The van der Waals surface area contributed by atoms with Gasteiger partial charge in [-0.05, 0) is 37.8 Å². The Labute approximate surface area is 101 Å². The highest BCUT2D eigenvalue weighted by Crippen LogP contribution is 2.31. The summed E-state index contributed by atoms with van der Waals surface area (Å²) in [7, 11) is 0. The average Bonchev–Trinajstić information content (AvgIpc) is 2.59. The van der Waals surface area contributed by atoms with E-state index in [0.717, 1.165) is 24.4 Å². The number of hydrogen-bond donors (Lipinski definition) is 1. The van der Waals surface area contributed by atoms with Gasteiger partial charge in [0.1, 0.15) is 0 Å². The fourth-order valence-corrected chi connectivity index (χ4v) is 2.82. The van der Waals surface area contributed by atoms with Crippen LogP contribution in [0.4, 0.5) is 0 Å². The van der Waals surface area contributed by atoms with Crippen LogP contribution in [-0.4, -0.2) is 6.54 Å². The van der Waals surface area contributed by atoms with E-state index in [1.807, 2.05) is 11.4 Å². The van der Waals surface area contributed by atoms with Gasteiger partial charge in [-0.25, -0.2) is 0 Å². The summed E-state index contributed by atoms with van der Waals surface area (Å²) in [6.45, 7) is 9.09. The third-order valence-corrected chi connectivity index (χ3v) is 3.74. The Morgan fingerprint density at radius 2 is 2.40 bits per heavy atom. The highest BCUT2D eigenvalue weighted by Gasteiger charge is 2.14. The van der Waals surface area contributed by atoms with Crippen molar-refractivity contribution in [1.82, 2.24) is 5.32 Å². The first-order valence-electron chi connectivity index (χ1n) is 5.25. The van der Waals surface area contributed by atoms with Gasteiger partial charge in [-0.15, -0.1) is 17.9 Å². The third kappa shape index (κ3) is 3.98. The fourth-order valence-electron chi connectivity index (χ4n) is 1.52. The molecule has 15 heavy (non-hydrogen) atoms. The minimum atomic E-state index is 0.374. The molecule has 3 heteroatoms. The predicted octanol–water partition coefficient (Wildman–Crippen LogP) is 4.41. The summed E-state index contributed by atoms with van der Waals surface area (Å²) in [5, 5.41) is 6.39. The van der Waals surface area contributed by atoms with Gasteiger partial charge in [0.25, 0.3) is 0 Å². The molecule has 0 aliphatic heterocycles. The summed E-state index contributed by atoms with van der Waals surface area (Å²) in [5.41, 5.74) is 1.23. The van der Waals surface area contributed by atoms with Gasteiger partial charge in [-0.3, -0.25) is 0 Å². The zero-order chi connectivity index (χ0) is 11.3. The lowest BCUT2D eigenvalue weighted by Gasteiger charge is -2.17. The standard InChI is InChI=1S/C12H18ClNS/c1-4-14-11(6-5-9(2)3)12-10(13)7-8-15-12/h7-8,11,14H,2,4-6H2,1,3H3. The van der Waals surface area contributed by atoms with Crippen LogP contribution in [-0.2, 0) is 0 Å². The molecule has 0 aliphatic carbocycles. The SMILES string of the molecule is C=C(C)CCC(NCC)c1sccc1Cl. The largest absolute Gasteiger partial charge is 0.309 e. The lowest BCUT2D eigenvalue weighted by atomic mass is 10.1. The summed E-state index contributed by atoms with van der Waals surface area (Å²) in [5.74, 6) is 0. The topological polar surface area (TPSA) is 12.0 Å². The lowest BCUT2D eigenvalue weighted by molar-refractivity contribution is 0.522. The molecule has 0 saturated carbocycles. The van der Waals surface area contributed by atoms with Crippen molar-refractivity contribution in [3.63, 3.8) is 0 Å². The Kier molecular flexibility index (Phi) is 5.37. The number of nitrogens with one attached hydrogen (secondary N) is 1. The van der Waals surface area contributed by atoms with Crippen LogP contribution in [0.25, 0.3) is 0 Å². The van der Waals surface area contributed by atoms with Crippen molar-refractivity contribution in [3.8, 4) is 0 Å². The Morgan fingerprint density at radius 1 is 1.67 bits per heavy atom. The van der Waals surface area contributed by atoms with Gasteiger partial charge in [-0.2, -0.15) is 0 Å². The van der Waals surface area contributed by atoms with Crippen LogP contribution in [0, 0.1) is 0 Å². The molecule has 0 amide bonds. The number of halogens is 1. The Morgan fingerprint density at radius 3 is 2.87 bits per heavy atom. The van der Waals surface area contributed by atoms with E-state index >= 15 is 0 Å². The quantitative estimate of drug-likeness (QED) is 0.730. The third-order valence-electron chi connectivity index (χ3n) is 2.27. The molecule has 1 heterocycles. The zero-order valence-corrected chi connectivity index (χ0v) is 10.9. The van der Waals surface area contributed by atoms with Gasteiger partial charge in [0, 0.05) is 10.9 Å². The highest BCUT2D eigenvalue weighted by molar-refractivity contribution is 7.10. The summed E-state index contributed by atoms with van der Waals surface area (Å²) < 4.78 is 0. The molecule has 1 nitrogen and oxygen atoms in total. The van der Waals surface area contributed by atoms with Crippen molar-refractivity contribution in [3.05, 3.63) is 33.5 Å². The van der Waals surface area contributed by atoms with Crippen molar-refractivity contribution in [2.45, 2.75) is 32.7 Å². The molecular weight excluding hydrogens is 226 g/mol. The highest BCUT2D eigenvalue weighted by atomic mass is 35.5. The molecule has 1 unspecified atom stereocenters. The van der Waals surface area contributed by atoms with Crippen LogP contribution < -0.4 is 5.32 Å². The normalized spacial score (nSPS) is 12.7. The number of allylic oxidation sites excluding steroid dienone is 1. The van der Waals surface area contributed by atoms with E-state index in [2.05, 4.69) is 25.7 Å². The minimum absolute atomic E-state index is 0.374. The molecule has 1 atom stereocenters. The smallest absolute Gasteiger partial charge is 0.0561 e. The summed E-state index contributed by atoms with van der Waals surface area (Å²) in [4.78, 5) is 1.25. The van der Waals surface area contributed by atoms with E-state index < -0.39 is 0 Å². The first kappa shape index (κ1) is 12.8. The van der Waals surface area contributed by atoms with Crippen LogP contribution in [0.3, 0.4) is 0 Å². The van der Waals surface area contributed by atoms with Gasteiger partial charge < -0.3 is 5.32 Å². The van der Waals surface area contributed by atoms with Crippen molar-refractivity contribution >= 4 is 22.9 Å². The molecule has 1 aromatic heterocycles. The fraction of sp³-hybridized carbons (Fsp3) is 0.500. The van der Waals surface area contributed by atoms with Crippen LogP contribution in [0.5, 0.6) is 0 Å².